The number of azide groups is 1. The Morgan fingerprint density at radius 3 is 2.38 bits per heavy atom. The monoisotopic (exact) mass is 305 g/mol. The number of carbonyl (C=O) groups excluding carboxylic acids is 2. The van der Waals surface area contributed by atoms with Crippen LogP contribution in [-0.4, -0.2) is 73.8 Å². The Balaban J connectivity index is 3.52. The normalized spacial score (nSPS) is 13.0. The summed E-state index contributed by atoms with van der Waals surface area (Å²) < 4.78 is 10.2. The summed E-state index contributed by atoms with van der Waals surface area (Å²) in [4.78, 5) is 24.4. The van der Waals surface area contributed by atoms with E-state index in [9.17, 15) is 14.7 Å². The van der Waals surface area contributed by atoms with Crippen LogP contribution in [0.5, 0.6) is 0 Å². The highest BCUT2D eigenvalue weighted by Crippen LogP contribution is 1.92. The summed E-state index contributed by atoms with van der Waals surface area (Å²) in [6.45, 7) is 1.36. The van der Waals surface area contributed by atoms with Crippen molar-refractivity contribution in [2.75, 3.05) is 39.5 Å². The molecule has 0 aromatic heterocycles. The standard InChI is InChI=1S/C10H19N5O6/c11-9(18)7(16)8(17)10(19)13-1-3-20-5-6-21-4-2-14-15-12/h7-8,16-17H,1-6H2,(H2,11,18)(H,13,19). The molecule has 0 aromatic rings. The topological polar surface area (TPSA) is 180 Å². The van der Waals surface area contributed by atoms with Gasteiger partial charge in [-0.1, -0.05) is 5.11 Å². The van der Waals surface area contributed by atoms with E-state index in [0.717, 1.165) is 0 Å². The van der Waals surface area contributed by atoms with Gasteiger partial charge in [0.25, 0.3) is 5.91 Å². The summed E-state index contributed by atoms with van der Waals surface area (Å²) in [6, 6.07) is 0. The molecule has 0 aliphatic carbocycles. The summed E-state index contributed by atoms with van der Waals surface area (Å²) >= 11 is 0. The second kappa shape index (κ2) is 11.9. The van der Waals surface area contributed by atoms with Crippen molar-refractivity contribution in [3.05, 3.63) is 10.4 Å². The lowest BCUT2D eigenvalue weighted by atomic mass is 10.2. The lowest BCUT2D eigenvalue weighted by Gasteiger charge is -2.14. The molecule has 11 nitrogen and oxygen atoms in total. The number of nitrogens with one attached hydrogen (secondary N) is 1. The number of ether oxygens (including phenoxy) is 2. The summed E-state index contributed by atoms with van der Waals surface area (Å²) in [6.07, 6.45) is -3.86. The molecule has 0 heterocycles. The predicted octanol–water partition coefficient (Wildman–Crippen LogP) is -2.35. The summed E-state index contributed by atoms with van der Waals surface area (Å²) in [5, 5.41) is 23.8. The molecule has 0 fully saturated rings. The van der Waals surface area contributed by atoms with E-state index >= 15 is 0 Å². The van der Waals surface area contributed by atoms with Gasteiger partial charge in [-0.05, 0) is 5.53 Å². The molecule has 0 aromatic carbocycles. The summed E-state index contributed by atoms with van der Waals surface area (Å²) in [7, 11) is 0. The Morgan fingerprint density at radius 2 is 1.81 bits per heavy atom. The van der Waals surface area contributed by atoms with Gasteiger partial charge in [-0.25, -0.2) is 0 Å². The fourth-order valence-corrected chi connectivity index (χ4v) is 1.12. The maximum atomic E-state index is 11.3. The second-order valence-corrected chi connectivity index (χ2v) is 3.76. The third-order valence-corrected chi connectivity index (χ3v) is 2.18. The van der Waals surface area contributed by atoms with E-state index in [1.165, 1.54) is 0 Å². The smallest absolute Gasteiger partial charge is 0.252 e. The fraction of sp³-hybridized carbons (Fsp3) is 0.800. The van der Waals surface area contributed by atoms with Crippen molar-refractivity contribution in [1.82, 2.24) is 5.32 Å². The van der Waals surface area contributed by atoms with Gasteiger partial charge >= 0.3 is 0 Å². The van der Waals surface area contributed by atoms with Gasteiger partial charge in [-0.3, -0.25) is 9.59 Å². The largest absolute Gasteiger partial charge is 0.380 e. The van der Waals surface area contributed by atoms with Crippen LogP contribution in [0.1, 0.15) is 0 Å². The van der Waals surface area contributed by atoms with E-state index in [-0.39, 0.29) is 26.3 Å². The van der Waals surface area contributed by atoms with Crippen molar-refractivity contribution >= 4 is 11.8 Å². The minimum atomic E-state index is -1.95. The number of nitrogens with zero attached hydrogens (tertiary/aromatic N) is 3. The highest BCUT2D eigenvalue weighted by Gasteiger charge is 2.28. The number of aliphatic hydroxyl groups is 2. The average molecular weight is 305 g/mol. The van der Waals surface area contributed by atoms with Crippen LogP contribution >= 0.6 is 0 Å². The van der Waals surface area contributed by atoms with Gasteiger partial charge in [0, 0.05) is 18.0 Å². The van der Waals surface area contributed by atoms with Crippen molar-refractivity contribution in [2.24, 2.45) is 10.8 Å². The van der Waals surface area contributed by atoms with E-state index in [1.54, 1.807) is 0 Å². The Hall–Kier alpha value is -1.91. The zero-order valence-corrected chi connectivity index (χ0v) is 11.3. The van der Waals surface area contributed by atoms with Crippen LogP contribution < -0.4 is 11.1 Å². The van der Waals surface area contributed by atoms with Crippen LogP contribution in [0.25, 0.3) is 10.4 Å². The molecule has 21 heavy (non-hydrogen) atoms. The van der Waals surface area contributed by atoms with Crippen LogP contribution in [0.15, 0.2) is 5.11 Å². The van der Waals surface area contributed by atoms with E-state index in [0.29, 0.717) is 13.2 Å². The summed E-state index contributed by atoms with van der Waals surface area (Å²) in [5.74, 6) is -2.11. The zero-order chi connectivity index (χ0) is 16.1. The van der Waals surface area contributed by atoms with Crippen molar-refractivity contribution in [3.63, 3.8) is 0 Å². The fourth-order valence-electron chi connectivity index (χ4n) is 1.12. The number of rotatable bonds is 12. The van der Waals surface area contributed by atoms with Crippen molar-refractivity contribution in [3.8, 4) is 0 Å². The first-order chi connectivity index (χ1) is 10.0. The molecule has 0 aliphatic rings. The van der Waals surface area contributed by atoms with Gasteiger partial charge in [-0.2, -0.15) is 0 Å². The van der Waals surface area contributed by atoms with Crippen LogP contribution in [-0.2, 0) is 19.1 Å². The van der Waals surface area contributed by atoms with E-state index in [2.05, 4.69) is 15.3 Å². The molecule has 2 atom stereocenters. The molecule has 0 saturated carbocycles. The van der Waals surface area contributed by atoms with Gasteiger partial charge in [-0.15, -0.1) is 0 Å². The van der Waals surface area contributed by atoms with Crippen LogP contribution in [0.4, 0.5) is 0 Å². The van der Waals surface area contributed by atoms with Crippen molar-refractivity contribution < 1.29 is 29.3 Å². The maximum absolute atomic E-state index is 11.3. The molecule has 2 unspecified atom stereocenters. The lowest BCUT2D eigenvalue weighted by molar-refractivity contribution is -0.144. The maximum Gasteiger partial charge on any atom is 0.252 e. The van der Waals surface area contributed by atoms with Crippen LogP contribution in [0, 0.1) is 0 Å². The average Bonchev–Trinajstić information content (AvgIpc) is 2.47. The Bertz CT molecular complexity index is 373. The molecule has 120 valence electrons. The molecular formula is C10H19N5O6. The highest BCUT2D eigenvalue weighted by molar-refractivity contribution is 5.89. The van der Waals surface area contributed by atoms with E-state index in [4.69, 9.17) is 25.8 Å². The Morgan fingerprint density at radius 1 is 1.19 bits per heavy atom. The Kier molecular flexibility index (Phi) is 10.8. The summed E-state index contributed by atoms with van der Waals surface area (Å²) in [5.41, 5.74) is 12.7. The number of nitrogens with two attached hydrogens (primary N) is 1. The third kappa shape index (κ3) is 9.60. The quantitative estimate of drug-likeness (QED) is 0.135. The van der Waals surface area contributed by atoms with Crippen LogP contribution in [0.2, 0.25) is 0 Å². The number of primary amides is 1. The van der Waals surface area contributed by atoms with Gasteiger partial charge < -0.3 is 30.7 Å². The molecule has 0 spiro atoms. The van der Waals surface area contributed by atoms with Gasteiger partial charge in [0.2, 0.25) is 5.91 Å². The number of carbonyl (C=O) groups is 2. The number of aliphatic hydroxyl groups excluding tert-OH is 2. The first kappa shape index (κ1) is 19.1. The Labute approximate surface area is 120 Å². The van der Waals surface area contributed by atoms with Crippen LogP contribution in [0.3, 0.4) is 0 Å². The highest BCUT2D eigenvalue weighted by atomic mass is 16.5. The third-order valence-electron chi connectivity index (χ3n) is 2.18. The first-order valence-electron chi connectivity index (χ1n) is 6.10. The second-order valence-electron chi connectivity index (χ2n) is 3.76. The number of hydrogen-bond donors (Lipinski definition) is 4. The molecule has 5 N–H and O–H groups in total. The molecule has 2 amide bonds. The van der Waals surface area contributed by atoms with Gasteiger partial charge in [0.1, 0.15) is 0 Å². The molecule has 0 aliphatic heterocycles. The number of amides is 2. The zero-order valence-electron chi connectivity index (χ0n) is 11.3. The molecule has 0 rings (SSSR count). The molecule has 0 saturated heterocycles. The van der Waals surface area contributed by atoms with Crippen molar-refractivity contribution in [2.45, 2.75) is 12.2 Å². The molecular weight excluding hydrogens is 286 g/mol. The first-order valence-corrected chi connectivity index (χ1v) is 6.10. The molecule has 0 radical (unpaired) electrons. The van der Waals surface area contributed by atoms with E-state index < -0.39 is 24.0 Å². The molecule has 0 bridgehead atoms. The predicted molar refractivity (Wildman–Crippen MR) is 69.9 cm³/mol. The van der Waals surface area contributed by atoms with E-state index in [1.807, 2.05) is 0 Å². The number of hydrogen-bond acceptors (Lipinski definition) is 7. The van der Waals surface area contributed by atoms with Gasteiger partial charge in [0.15, 0.2) is 12.2 Å². The molecule has 11 heteroatoms. The minimum absolute atomic E-state index is 0.0834. The lowest BCUT2D eigenvalue weighted by Crippen LogP contribution is -2.48. The van der Waals surface area contributed by atoms with Crippen molar-refractivity contribution in [1.29, 1.82) is 0 Å². The minimum Gasteiger partial charge on any atom is -0.380 e. The SMILES string of the molecule is [N-]=[N+]=NCCOCCOCCNC(=O)C(O)C(O)C(N)=O. The van der Waals surface area contributed by atoms with Gasteiger partial charge in [0.05, 0.1) is 26.4 Å².